The predicted molar refractivity (Wildman–Crippen MR) is 75.9 cm³/mol. The highest BCUT2D eigenvalue weighted by atomic mass is 127. The van der Waals surface area contributed by atoms with Crippen LogP contribution in [0.1, 0.15) is 6.92 Å². The van der Waals surface area contributed by atoms with E-state index in [4.69, 9.17) is 9.47 Å². The molecule has 0 fully saturated rings. The fourth-order valence-corrected chi connectivity index (χ4v) is 2.35. The van der Waals surface area contributed by atoms with E-state index < -0.39 is 5.79 Å². The Hall–Kier alpha value is -0.720. The van der Waals surface area contributed by atoms with Gasteiger partial charge in [-0.1, -0.05) is 24.8 Å². The van der Waals surface area contributed by atoms with Crippen LogP contribution < -0.4 is 0 Å². The molecule has 0 aromatic rings. The predicted octanol–water partition coefficient (Wildman–Crippen LogP) is 2.94. The Morgan fingerprint density at radius 2 is 2.29 bits per heavy atom. The number of hydrogen-bond acceptors (Lipinski definition) is 3. The standard InChI is InChI=1S/C13H15IO3/c1-4-5-6-7-17-13(16-3)9-10(2)8-11(14)12(13)15/h4-6,8-9H,1,7H2,2-3H3/b6-5+. The average Bonchev–Trinajstić information content (AvgIpc) is 2.30. The first kappa shape index (κ1) is 14.3. The second-order valence-corrected chi connectivity index (χ2v) is 4.72. The molecular weight excluding hydrogens is 331 g/mol. The van der Waals surface area contributed by atoms with Crippen LogP contribution in [0.25, 0.3) is 0 Å². The number of carbonyl (C=O) groups excluding carboxylic acids is 1. The largest absolute Gasteiger partial charge is 0.343 e. The minimum Gasteiger partial charge on any atom is -0.343 e. The molecule has 17 heavy (non-hydrogen) atoms. The molecule has 0 aliphatic heterocycles. The molecule has 92 valence electrons. The van der Waals surface area contributed by atoms with Gasteiger partial charge in [0.1, 0.15) is 0 Å². The minimum absolute atomic E-state index is 0.168. The van der Waals surface area contributed by atoms with Gasteiger partial charge in [0.2, 0.25) is 5.78 Å². The molecule has 0 radical (unpaired) electrons. The van der Waals surface area contributed by atoms with E-state index in [-0.39, 0.29) is 5.78 Å². The van der Waals surface area contributed by atoms with E-state index in [1.807, 2.05) is 35.6 Å². The van der Waals surface area contributed by atoms with Gasteiger partial charge in [0.25, 0.3) is 5.79 Å². The number of ether oxygens (including phenoxy) is 2. The van der Waals surface area contributed by atoms with Crippen LogP contribution in [0.15, 0.2) is 46.1 Å². The fourth-order valence-electron chi connectivity index (χ4n) is 1.48. The Labute approximate surface area is 115 Å². The number of rotatable bonds is 5. The summed E-state index contributed by atoms with van der Waals surface area (Å²) < 4.78 is 11.4. The smallest absolute Gasteiger partial charge is 0.255 e. The number of hydrogen-bond donors (Lipinski definition) is 0. The molecule has 1 aliphatic rings. The minimum atomic E-state index is -1.29. The van der Waals surface area contributed by atoms with Crippen molar-refractivity contribution in [2.24, 2.45) is 0 Å². The van der Waals surface area contributed by atoms with E-state index in [1.165, 1.54) is 7.11 Å². The highest BCUT2D eigenvalue weighted by molar-refractivity contribution is 14.1. The first-order valence-corrected chi connectivity index (χ1v) is 6.21. The summed E-state index contributed by atoms with van der Waals surface area (Å²) >= 11 is 1.99. The van der Waals surface area contributed by atoms with Gasteiger partial charge in [-0.25, -0.2) is 0 Å². The Morgan fingerprint density at radius 1 is 1.59 bits per heavy atom. The molecule has 0 aromatic heterocycles. The number of methoxy groups -OCH3 is 1. The molecule has 0 N–H and O–H groups in total. The van der Waals surface area contributed by atoms with Gasteiger partial charge in [0.05, 0.1) is 10.2 Å². The second kappa shape index (κ2) is 6.28. The Balaban J connectivity index is 2.88. The van der Waals surface area contributed by atoms with Crippen molar-refractivity contribution in [3.63, 3.8) is 0 Å². The molecule has 0 saturated carbocycles. The van der Waals surface area contributed by atoms with Crippen LogP contribution in [0.3, 0.4) is 0 Å². The highest BCUT2D eigenvalue weighted by Gasteiger charge is 2.40. The van der Waals surface area contributed by atoms with E-state index in [9.17, 15) is 4.79 Å². The molecule has 4 heteroatoms. The van der Waals surface area contributed by atoms with Crippen molar-refractivity contribution in [1.82, 2.24) is 0 Å². The molecule has 0 spiro atoms. The molecule has 0 aromatic carbocycles. The van der Waals surface area contributed by atoms with Gasteiger partial charge in [0, 0.05) is 7.11 Å². The third kappa shape index (κ3) is 3.37. The van der Waals surface area contributed by atoms with Gasteiger partial charge in [-0.05, 0) is 47.2 Å². The molecule has 0 heterocycles. The van der Waals surface area contributed by atoms with Crippen LogP contribution in [-0.2, 0) is 14.3 Å². The van der Waals surface area contributed by atoms with Gasteiger partial charge in [0.15, 0.2) is 0 Å². The fraction of sp³-hybridized carbons (Fsp3) is 0.308. The first-order valence-electron chi connectivity index (χ1n) is 5.14. The van der Waals surface area contributed by atoms with Gasteiger partial charge < -0.3 is 9.47 Å². The summed E-state index contributed by atoms with van der Waals surface area (Å²) in [6.07, 6.45) is 8.68. The van der Waals surface area contributed by atoms with Gasteiger partial charge in [-0.3, -0.25) is 4.79 Å². The zero-order valence-electron chi connectivity index (χ0n) is 9.90. The third-order valence-electron chi connectivity index (χ3n) is 2.27. The summed E-state index contributed by atoms with van der Waals surface area (Å²) in [4.78, 5) is 12.1. The summed E-state index contributed by atoms with van der Waals surface area (Å²) in [5, 5.41) is 0. The lowest BCUT2D eigenvalue weighted by molar-refractivity contribution is -0.187. The van der Waals surface area contributed by atoms with E-state index >= 15 is 0 Å². The van der Waals surface area contributed by atoms with Crippen LogP contribution in [0, 0.1) is 0 Å². The quantitative estimate of drug-likeness (QED) is 0.436. The van der Waals surface area contributed by atoms with Crippen molar-refractivity contribution in [3.05, 3.63) is 46.1 Å². The molecular formula is C13H15IO3. The lowest BCUT2D eigenvalue weighted by Crippen LogP contribution is -2.43. The second-order valence-electron chi connectivity index (χ2n) is 3.56. The van der Waals surface area contributed by atoms with Gasteiger partial charge in [-0.2, -0.15) is 0 Å². The molecule has 0 amide bonds. The van der Waals surface area contributed by atoms with Crippen LogP contribution in [0.2, 0.25) is 0 Å². The molecule has 1 aliphatic carbocycles. The van der Waals surface area contributed by atoms with Crippen molar-refractivity contribution >= 4 is 28.4 Å². The number of halogens is 1. The zero-order valence-corrected chi connectivity index (χ0v) is 12.1. The van der Waals surface area contributed by atoms with Crippen LogP contribution in [0.5, 0.6) is 0 Å². The first-order chi connectivity index (χ1) is 8.05. The molecule has 1 rings (SSSR count). The summed E-state index contributed by atoms with van der Waals surface area (Å²) in [5.41, 5.74) is 0.948. The van der Waals surface area contributed by atoms with Crippen molar-refractivity contribution in [2.45, 2.75) is 12.7 Å². The molecule has 1 atom stereocenters. The van der Waals surface area contributed by atoms with Crippen LogP contribution in [0.4, 0.5) is 0 Å². The van der Waals surface area contributed by atoms with Gasteiger partial charge in [-0.15, -0.1) is 0 Å². The van der Waals surface area contributed by atoms with E-state index in [1.54, 1.807) is 24.3 Å². The third-order valence-corrected chi connectivity index (χ3v) is 3.08. The zero-order chi connectivity index (χ0) is 12.9. The average molecular weight is 346 g/mol. The van der Waals surface area contributed by atoms with Crippen molar-refractivity contribution in [3.8, 4) is 0 Å². The molecule has 3 nitrogen and oxygen atoms in total. The van der Waals surface area contributed by atoms with E-state index in [2.05, 4.69) is 6.58 Å². The monoisotopic (exact) mass is 346 g/mol. The number of allylic oxidation sites excluding steroid dienone is 4. The number of carbonyl (C=O) groups is 1. The van der Waals surface area contributed by atoms with Crippen molar-refractivity contribution in [1.29, 1.82) is 0 Å². The maximum atomic E-state index is 12.1. The maximum absolute atomic E-state index is 12.1. The summed E-state index contributed by atoms with van der Waals surface area (Å²) in [6, 6.07) is 0. The van der Waals surface area contributed by atoms with Crippen LogP contribution in [-0.4, -0.2) is 25.3 Å². The SMILES string of the molecule is C=C/C=C/COC1(OC)C=C(C)C=C(I)C1=O. The van der Waals surface area contributed by atoms with E-state index in [0.29, 0.717) is 10.2 Å². The lowest BCUT2D eigenvalue weighted by Gasteiger charge is -2.30. The normalized spacial score (nSPS) is 24.8. The number of Topliss-reactive ketones (excluding diaryl/α,β-unsaturated/α-hetero) is 1. The summed E-state index contributed by atoms with van der Waals surface area (Å²) in [7, 11) is 1.47. The van der Waals surface area contributed by atoms with Crippen molar-refractivity contribution in [2.75, 3.05) is 13.7 Å². The Kier molecular flexibility index (Phi) is 5.30. The summed E-state index contributed by atoms with van der Waals surface area (Å²) in [5.74, 6) is -1.46. The molecule has 0 saturated heterocycles. The van der Waals surface area contributed by atoms with E-state index in [0.717, 1.165) is 5.57 Å². The summed E-state index contributed by atoms with van der Waals surface area (Å²) in [6.45, 7) is 5.75. The Morgan fingerprint density at radius 3 is 2.88 bits per heavy atom. The maximum Gasteiger partial charge on any atom is 0.255 e. The van der Waals surface area contributed by atoms with Crippen LogP contribution >= 0.6 is 22.6 Å². The Bertz CT molecular complexity index is 407. The highest BCUT2D eigenvalue weighted by Crippen LogP contribution is 2.30. The number of ketones is 1. The molecule has 0 bridgehead atoms. The molecule has 1 unspecified atom stereocenters. The van der Waals surface area contributed by atoms with Gasteiger partial charge >= 0.3 is 0 Å². The van der Waals surface area contributed by atoms with Crippen molar-refractivity contribution < 1.29 is 14.3 Å². The topological polar surface area (TPSA) is 35.5 Å². The lowest BCUT2D eigenvalue weighted by atomic mass is 10.0.